The Hall–Kier alpha value is -1.62. The average Bonchev–Trinajstić information content (AvgIpc) is 2.29. The van der Waals surface area contributed by atoms with Gasteiger partial charge < -0.3 is 15.5 Å². The number of hydrogen-bond donors (Lipinski definition) is 3. The van der Waals surface area contributed by atoms with Crippen LogP contribution in [0, 0.1) is 5.41 Å². The van der Waals surface area contributed by atoms with Crippen molar-refractivity contribution in [2.24, 2.45) is 5.41 Å². The molecule has 0 saturated heterocycles. The number of nitrogens with zero attached hydrogens (tertiary/aromatic N) is 1. The molecule has 17 heavy (non-hydrogen) atoms. The van der Waals surface area contributed by atoms with Gasteiger partial charge in [-0.25, -0.2) is 0 Å². The maximum atomic E-state index is 11.9. The van der Waals surface area contributed by atoms with Crippen molar-refractivity contribution in [1.29, 1.82) is 0 Å². The fourth-order valence-corrected chi connectivity index (χ4v) is 1.96. The summed E-state index contributed by atoms with van der Waals surface area (Å²) in [6, 6.07) is 1.39. The number of aliphatic hydroxyl groups is 1. The zero-order valence-corrected chi connectivity index (χ0v) is 9.84. The maximum Gasteiger partial charge on any atom is 0.255 e. The molecule has 1 aromatic rings. The summed E-state index contributed by atoms with van der Waals surface area (Å²) in [5.74, 6) is -0.474. The van der Waals surface area contributed by atoms with Gasteiger partial charge in [0.25, 0.3) is 5.91 Å². The van der Waals surface area contributed by atoms with Gasteiger partial charge in [-0.2, -0.15) is 0 Å². The Morgan fingerprint density at radius 1 is 1.59 bits per heavy atom. The highest BCUT2D eigenvalue weighted by Crippen LogP contribution is 2.40. The molecule has 1 saturated carbocycles. The second kappa shape index (κ2) is 4.00. The molecular formula is C12H16N2O3. The number of amides is 1. The van der Waals surface area contributed by atoms with Crippen LogP contribution in [0.3, 0.4) is 0 Å². The average molecular weight is 236 g/mol. The molecular weight excluding hydrogens is 220 g/mol. The number of carbonyl (C=O) groups is 1. The molecule has 0 radical (unpaired) electrons. The number of rotatable bonds is 2. The molecule has 1 heterocycles. The van der Waals surface area contributed by atoms with Crippen LogP contribution in [-0.2, 0) is 0 Å². The lowest BCUT2D eigenvalue weighted by Gasteiger charge is -2.49. The summed E-state index contributed by atoms with van der Waals surface area (Å²) in [6.07, 6.45) is 2.84. The first kappa shape index (κ1) is 11.9. The van der Waals surface area contributed by atoms with Crippen LogP contribution in [0.1, 0.15) is 30.6 Å². The normalized spacial score (nSPS) is 26.1. The third-order valence-corrected chi connectivity index (χ3v) is 3.57. The van der Waals surface area contributed by atoms with E-state index in [1.54, 1.807) is 0 Å². The molecule has 0 spiro atoms. The Kier molecular flexibility index (Phi) is 2.79. The van der Waals surface area contributed by atoms with Crippen LogP contribution in [-0.4, -0.2) is 33.3 Å². The third kappa shape index (κ3) is 1.98. The molecule has 1 aliphatic rings. The molecule has 3 N–H and O–H groups in total. The standard InChI is InChI=1S/C12H16N2O3/c1-12(2)9(5-10(12)16)14-11(17)7-3-4-13-6-8(7)15/h3-4,6,9-10,15-16H,5H2,1-2H3,(H,14,17). The highest BCUT2D eigenvalue weighted by molar-refractivity contribution is 5.96. The first-order chi connectivity index (χ1) is 7.93. The fourth-order valence-electron chi connectivity index (χ4n) is 1.96. The summed E-state index contributed by atoms with van der Waals surface area (Å²) in [7, 11) is 0. The number of hydrogen-bond acceptors (Lipinski definition) is 4. The largest absolute Gasteiger partial charge is 0.505 e. The highest BCUT2D eigenvalue weighted by Gasteiger charge is 2.48. The molecule has 2 atom stereocenters. The minimum atomic E-state index is -0.390. The van der Waals surface area contributed by atoms with E-state index in [9.17, 15) is 15.0 Å². The Labute approximate surface area is 99.5 Å². The Balaban J connectivity index is 2.07. The van der Waals surface area contributed by atoms with Crippen LogP contribution < -0.4 is 5.32 Å². The van der Waals surface area contributed by atoms with Crippen LogP contribution in [0.4, 0.5) is 0 Å². The second-order valence-electron chi connectivity index (χ2n) is 4.99. The van der Waals surface area contributed by atoms with Crippen LogP contribution in [0.15, 0.2) is 18.5 Å². The van der Waals surface area contributed by atoms with Gasteiger partial charge in [0, 0.05) is 17.7 Å². The highest BCUT2D eigenvalue weighted by atomic mass is 16.3. The van der Waals surface area contributed by atoms with E-state index in [1.165, 1.54) is 18.5 Å². The predicted molar refractivity (Wildman–Crippen MR) is 61.6 cm³/mol. The van der Waals surface area contributed by atoms with Crippen molar-refractivity contribution in [2.75, 3.05) is 0 Å². The van der Waals surface area contributed by atoms with Crippen molar-refractivity contribution in [1.82, 2.24) is 10.3 Å². The van der Waals surface area contributed by atoms with Crippen molar-refractivity contribution < 1.29 is 15.0 Å². The van der Waals surface area contributed by atoms with E-state index in [0.717, 1.165) is 0 Å². The monoisotopic (exact) mass is 236 g/mol. The number of carbonyl (C=O) groups excluding carboxylic acids is 1. The first-order valence-electron chi connectivity index (χ1n) is 5.55. The van der Waals surface area contributed by atoms with E-state index in [1.807, 2.05) is 13.8 Å². The van der Waals surface area contributed by atoms with Crippen molar-refractivity contribution >= 4 is 5.91 Å². The number of nitrogens with one attached hydrogen (secondary N) is 1. The van der Waals surface area contributed by atoms with Gasteiger partial charge in [0.15, 0.2) is 0 Å². The molecule has 5 nitrogen and oxygen atoms in total. The second-order valence-corrected chi connectivity index (χ2v) is 4.99. The number of aliphatic hydroxyl groups excluding tert-OH is 1. The van der Waals surface area contributed by atoms with Gasteiger partial charge in [-0.1, -0.05) is 13.8 Å². The molecule has 2 rings (SSSR count). The molecule has 1 aromatic heterocycles. The van der Waals surface area contributed by atoms with Crippen molar-refractivity contribution in [3.63, 3.8) is 0 Å². The molecule has 1 amide bonds. The molecule has 5 heteroatoms. The maximum absolute atomic E-state index is 11.9. The number of pyridine rings is 1. The van der Waals surface area contributed by atoms with E-state index < -0.39 is 0 Å². The van der Waals surface area contributed by atoms with E-state index in [0.29, 0.717) is 6.42 Å². The Bertz CT molecular complexity index is 445. The van der Waals surface area contributed by atoms with Crippen LogP contribution in [0.25, 0.3) is 0 Å². The molecule has 1 fully saturated rings. The summed E-state index contributed by atoms with van der Waals surface area (Å²) >= 11 is 0. The summed E-state index contributed by atoms with van der Waals surface area (Å²) in [6.45, 7) is 3.80. The quantitative estimate of drug-likeness (QED) is 0.705. The summed E-state index contributed by atoms with van der Waals surface area (Å²) < 4.78 is 0. The van der Waals surface area contributed by atoms with E-state index in [-0.39, 0.29) is 34.8 Å². The van der Waals surface area contributed by atoms with Gasteiger partial charge in [0.05, 0.1) is 17.9 Å². The van der Waals surface area contributed by atoms with Gasteiger partial charge in [0.2, 0.25) is 0 Å². The van der Waals surface area contributed by atoms with Gasteiger partial charge in [0.1, 0.15) is 5.75 Å². The van der Waals surface area contributed by atoms with Crippen LogP contribution in [0.2, 0.25) is 0 Å². The molecule has 1 aliphatic carbocycles. The van der Waals surface area contributed by atoms with Crippen molar-refractivity contribution in [3.8, 4) is 5.75 Å². The topological polar surface area (TPSA) is 82.5 Å². The summed E-state index contributed by atoms with van der Waals surface area (Å²) in [4.78, 5) is 15.6. The molecule has 0 aromatic carbocycles. The van der Waals surface area contributed by atoms with Crippen LogP contribution >= 0.6 is 0 Å². The van der Waals surface area contributed by atoms with Crippen molar-refractivity contribution in [2.45, 2.75) is 32.4 Å². The van der Waals surface area contributed by atoms with Crippen molar-refractivity contribution in [3.05, 3.63) is 24.0 Å². The minimum Gasteiger partial charge on any atom is -0.505 e. The lowest BCUT2D eigenvalue weighted by Crippen LogP contribution is -2.61. The lowest BCUT2D eigenvalue weighted by atomic mass is 9.64. The van der Waals surface area contributed by atoms with Gasteiger partial charge in [-0.15, -0.1) is 0 Å². The zero-order chi connectivity index (χ0) is 12.6. The van der Waals surface area contributed by atoms with Gasteiger partial charge in [-0.3, -0.25) is 9.78 Å². The number of aromatic hydroxyl groups is 1. The third-order valence-electron chi connectivity index (χ3n) is 3.57. The van der Waals surface area contributed by atoms with E-state index >= 15 is 0 Å². The SMILES string of the molecule is CC1(C)C(O)CC1NC(=O)c1ccncc1O. The van der Waals surface area contributed by atoms with Gasteiger partial charge >= 0.3 is 0 Å². The zero-order valence-electron chi connectivity index (χ0n) is 9.84. The summed E-state index contributed by atoms with van der Waals surface area (Å²) in [5.41, 5.74) is -0.115. The Morgan fingerprint density at radius 3 is 2.82 bits per heavy atom. The minimum absolute atomic E-state index is 0.0717. The smallest absolute Gasteiger partial charge is 0.255 e. The van der Waals surface area contributed by atoms with Gasteiger partial charge in [-0.05, 0) is 12.5 Å². The Morgan fingerprint density at radius 2 is 2.29 bits per heavy atom. The first-order valence-corrected chi connectivity index (χ1v) is 5.55. The lowest BCUT2D eigenvalue weighted by molar-refractivity contribution is -0.0689. The van der Waals surface area contributed by atoms with Crippen LogP contribution in [0.5, 0.6) is 5.75 Å². The van der Waals surface area contributed by atoms with E-state index in [4.69, 9.17) is 0 Å². The molecule has 92 valence electrons. The summed E-state index contributed by atoms with van der Waals surface area (Å²) in [5, 5.41) is 21.9. The fraction of sp³-hybridized carbons (Fsp3) is 0.500. The molecule has 0 bridgehead atoms. The molecule has 2 unspecified atom stereocenters. The van der Waals surface area contributed by atoms with E-state index in [2.05, 4.69) is 10.3 Å². The molecule has 0 aliphatic heterocycles. The predicted octanol–water partition coefficient (Wildman–Crippen LogP) is 0.676. The number of aromatic nitrogens is 1.